The molecule has 0 radical (unpaired) electrons. The minimum absolute atomic E-state index is 0.168. The molecule has 2 aliphatic rings. The van der Waals surface area contributed by atoms with E-state index in [2.05, 4.69) is 4.74 Å². The second-order valence-corrected chi connectivity index (χ2v) is 9.20. The number of hydrogen-bond acceptors (Lipinski definition) is 9. The molecular weight excluding hydrogens is 394 g/mol. The number of alkyl halides is 2. The molecule has 2 saturated heterocycles. The van der Waals surface area contributed by atoms with Gasteiger partial charge in [-0.25, -0.2) is 8.42 Å². The summed E-state index contributed by atoms with van der Waals surface area (Å²) in [5, 5.41) is -4.73. The fourth-order valence-electron chi connectivity index (χ4n) is 1.95. The van der Waals surface area contributed by atoms with Crippen molar-refractivity contribution in [3.8, 4) is 0 Å². The highest BCUT2D eigenvalue weighted by molar-refractivity contribution is 7.86. The van der Waals surface area contributed by atoms with Gasteiger partial charge in [0, 0.05) is 0 Å². The number of carbonyl (C=O) groups is 1. The first kappa shape index (κ1) is 22.4. The number of rotatable bonds is 12. The zero-order valence-electron chi connectivity index (χ0n) is 15.3. The Balaban J connectivity index is 1.94. The highest BCUT2D eigenvalue weighted by Gasteiger charge is 2.45. The van der Waals surface area contributed by atoms with Crippen LogP contribution in [0.15, 0.2) is 0 Å². The first-order valence-electron chi connectivity index (χ1n) is 8.14. The van der Waals surface area contributed by atoms with Crippen molar-refractivity contribution >= 4 is 16.1 Å². The normalized spacial score (nSPS) is 29.9. The molecule has 0 aliphatic carbocycles. The van der Waals surface area contributed by atoms with Gasteiger partial charge in [0.1, 0.15) is 16.6 Å². The Labute approximate surface area is 156 Å². The Kier molecular flexibility index (Phi) is 6.20. The molecule has 0 aromatic carbocycles. The Morgan fingerprint density at radius 3 is 1.81 bits per heavy atom. The lowest BCUT2D eigenvalue weighted by molar-refractivity contribution is -0.170. The van der Waals surface area contributed by atoms with Gasteiger partial charge in [-0.3, -0.25) is 4.79 Å². The lowest BCUT2D eigenvalue weighted by Gasteiger charge is -2.29. The van der Waals surface area contributed by atoms with Crippen LogP contribution in [-0.4, -0.2) is 81.6 Å². The molecule has 2 heterocycles. The van der Waals surface area contributed by atoms with Gasteiger partial charge in [-0.05, 0) is 20.8 Å². The minimum atomic E-state index is -5.96. The molecule has 2 rings (SSSR count). The van der Waals surface area contributed by atoms with Crippen LogP contribution in [0.25, 0.3) is 0 Å². The Hall–Kier alpha value is -0.920. The van der Waals surface area contributed by atoms with Crippen LogP contribution < -0.4 is 0 Å². The second kappa shape index (κ2) is 7.48. The fourth-order valence-corrected chi connectivity index (χ4v) is 2.16. The highest BCUT2D eigenvalue weighted by atomic mass is 32.2. The molecule has 2 atom stereocenters. The Morgan fingerprint density at radius 1 is 1.07 bits per heavy atom. The molecule has 12 heteroatoms. The number of epoxide rings is 2. The van der Waals surface area contributed by atoms with E-state index in [9.17, 15) is 26.5 Å². The predicted molar refractivity (Wildman–Crippen MR) is 84.1 cm³/mol. The second-order valence-electron chi connectivity index (χ2n) is 7.69. The molecule has 9 nitrogen and oxygen atoms in total. The summed E-state index contributed by atoms with van der Waals surface area (Å²) < 4.78 is 83.6. The van der Waals surface area contributed by atoms with Crippen molar-refractivity contribution in [2.45, 2.75) is 37.2 Å². The topological polar surface area (TPSA) is 127 Å². The average molecular weight is 417 g/mol. The van der Waals surface area contributed by atoms with Crippen LogP contribution in [0.1, 0.15) is 20.8 Å². The third-order valence-electron chi connectivity index (χ3n) is 4.16. The van der Waals surface area contributed by atoms with E-state index >= 15 is 0 Å². The first-order valence-corrected chi connectivity index (χ1v) is 9.55. The number of hydrogen-bond donors (Lipinski definition) is 0. The summed E-state index contributed by atoms with van der Waals surface area (Å²) in [6.45, 7) is 3.93. The van der Waals surface area contributed by atoms with Gasteiger partial charge < -0.3 is 28.2 Å². The van der Waals surface area contributed by atoms with E-state index in [1.54, 1.807) is 13.8 Å². The molecular formula is C15H23F2O9S-. The van der Waals surface area contributed by atoms with E-state index in [-0.39, 0.29) is 26.4 Å². The summed E-state index contributed by atoms with van der Waals surface area (Å²) in [7, 11) is -5.96. The van der Waals surface area contributed by atoms with Gasteiger partial charge in [0.2, 0.25) is 0 Å². The molecule has 0 aromatic rings. The van der Waals surface area contributed by atoms with Gasteiger partial charge in [-0.2, -0.15) is 8.78 Å². The SMILES string of the molecule is CC1(COCC(C)(COCC2(C)CO2)C(=O)OCC(F)(F)S(=O)(=O)[O-])CO1. The first-order chi connectivity index (χ1) is 12.2. The van der Waals surface area contributed by atoms with E-state index in [0.29, 0.717) is 13.2 Å². The van der Waals surface area contributed by atoms with Gasteiger partial charge in [0.15, 0.2) is 16.7 Å². The van der Waals surface area contributed by atoms with Crippen LogP contribution >= 0.6 is 0 Å². The summed E-state index contributed by atoms with van der Waals surface area (Å²) in [6, 6.07) is 0. The zero-order chi connectivity index (χ0) is 20.6. The van der Waals surface area contributed by atoms with Crippen molar-refractivity contribution < 1.29 is 50.2 Å². The van der Waals surface area contributed by atoms with Crippen molar-refractivity contribution in [3.05, 3.63) is 0 Å². The van der Waals surface area contributed by atoms with Crippen LogP contribution in [-0.2, 0) is 38.6 Å². The summed E-state index contributed by atoms with van der Waals surface area (Å²) in [5.41, 5.74) is -2.41. The molecule has 158 valence electrons. The number of halogens is 2. The van der Waals surface area contributed by atoms with Gasteiger partial charge in [0.25, 0.3) is 0 Å². The number of esters is 1. The summed E-state index contributed by atoms with van der Waals surface area (Å²) >= 11 is 0. The third-order valence-corrected chi connectivity index (χ3v) is 5.01. The maximum atomic E-state index is 13.2. The predicted octanol–water partition coefficient (Wildman–Crippen LogP) is 0.285. The quantitative estimate of drug-likeness (QED) is 0.250. The monoisotopic (exact) mass is 417 g/mol. The molecule has 0 spiro atoms. The van der Waals surface area contributed by atoms with E-state index in [1.807, 2.05) is 0 Å². The lowest BCUT2D eigenvalue weighted by atomic mass is 9.93. The number of ether oxygens (including phenoxy) is 5. The smallest absolute Gasteiger partial charge is 0.367 e. The van der Waals surface area contributed by atoms with E-state index in [0.717, 1.165) is 0 Å². The van der Waals surface area contributed by atoms with Crippen molar-refractivity contribution in [2.24, 2.45) is 5.41 Å². The van der Waals surface area contributed by atoms with Crippen LogP contribution in [0.2, 0.25) is 0 Å². The van der Waals surface area contributed by atoms with Crippen LogP contribution in [0.5, 0.6) is 0 Å². The highest BCUT2D eigenvalue weighted by Crippen LogP contribution is 2.30. The molecule has 2 unspecified atom stereocenters. The van der Waals surface area contributed by atoms with Gasteiger partial charge >= 0.3 is 11.2 Å². The molecule has 27 heavy (non-hydrogen) atoms. The molecule has 2 fully saturated rings. The lowest BCUT2D eigenvalue weighted by Crippen LogP contribution is -2.43. The van der Waals surface area contributed by atoms with Crippen LogP contribution in [0.3, 0.4) is 0 Å². The van der Waals surface area contributed by atoms with Gasteiger partial charge in [-0.1, -0.05) is 0 Å². The van der Waals surface area contributed by atoms with Crippen LogP contribution in [0.4, 0.5) is 8.78 Å². The summed E-state index contributed by atoms with van der Waals surface area (Å²) in [4.78, 5) is 12.3. The van der Waals surface area contributed by atoms with E-state index in [1.165, 1.54) is 6.92 Å². The average Bonchev–Trinajstić information content (AvgIpc) is 3.44. The van der Waals surface area contributed by atoms with Crippen molar-refractivity contribution in [2.75, 3.05) is 46.2 Å². The zero-order valence-corrected chi connectivity index (χ0v) is 16.1. The summed E-state index contributed by atoms with van der Waals surface area (Å²) in [6.07, 6.45) is 0. The third kappa shape index (κ3) is 6.29. The maximum Gasteiger partial charge on any atom is 0.367 e. The van der Waals surface area contributed by atoms with Crippen molar-refractivity contribution in [1.82, 2.24) is 0 Å². The minimum Gasteiger partial charge on any atom is -0.743 e. The van der Waals surface area contributed by atoms with Gasteiger partial charge in [0.05, 0.1) is 39.6 Å². The standard InChI is InChI=1S/C15H24F2O9S/c1-12(4-22-6-13(2)8-25-13,5-23-7-14(3)9-26-14)11(18)24-10-15(16,17)27(19,20)21/h4-10H2,1-3H3,(H,19,20,21)/p-1. The Bertz CT molecular complexity index is 632. The molecule has 0 aromatic heterocycles. The molecule has 0 saturated carbocycles. The molecule has 0 amide bonds. The number of carbonyl (C=O) groups excluding carboxylic acids is 1. The van der Waals surface area contributed by atoms with E-state index < -0.39 is 44.6 Å². The molecule has 2 aliphatic heterocycles. The van der Waals surface area contributed by atoms with Crippen LogP contribution in [0, 0.1) is 5.41 Å². The van der Waals surface area contributed by atoms with E-state index in [4.69, 9.17) is 18.9 Å². The van der Waals surface area contributed by atoms with Crippen molar-refractivity contribution in [3.63, 3.8) is 0 Å². The molecule has 0 N–H and O–H groups in total. The Morgan fingerprint density at radius 2 is 1.48 bits per heavy atom. The maximum absolute atomic E-state index is 13.2. The summed E-state index contributed by atoms with van der Waals surface area (Å²) in [5.74, 6) is -1.17. The largest absolute Gasteiger partial charge is 0.743 e. The van der Waals surface area contributed by atoms with Crippen molar-refractivity contribution in [1.29, 1.82) is 0 Å². The van der Waals surface area contributed by atoms with Gasteiger partial charge in [-0.15, -0.1) is 0 Å². The molecule has 0 bridgehead atoms. The fraction of sp³-hybridized carbons (Fsp3) is 0.933.